The first-order valence-electron chi connectivity index (χ1n) is 6.69. The highest BCUT2D eigenvalue weighted by molar-refractivity contribution is 5.27. The third-order valence-electron chi connectivity index (χ3n) is 3.56. The minimum Gasteiger partial charge on any atom is -0.406 e. The summed E-state index contributed by atoms with van der Waals surface area (Å²) in [5.41, 5.74) is 1.07. The SMILES string of the molecule is FC(F)(F)Oc1ccc(CCC2CC[CH]CC2)cc1. The van der Waals surface area contributed by atoms with Gasteiger partial charge in [-0.3, -0.25) is 0 Å². The smallest absolute Gasteiger partial charge is 0.406 e. The molecule has 0 saturated heterocycles. The molecule has 1 aliphatic rings. The standard InChI is InChI=1S/C15H18F3O/c16-15(17,18)19-14-10-8-13(9-11-14)7-6-12-4-2-1-3-5-12/h1,8-12H,2-7H2. The number of aryl methyl sites for hydroxylation is 1. The summed E-state index contributed by atoms with van der Waals surface area (Å²) in [6, 6.07) is 6.21. The number of ether oxygens (including phenoxy) is 1. The molecule has 1 fully saturated rings. The van der Waals surface area contributed by atoms with Crippen molar-refractivity contribution in [2.75, 3.05) is 0 Å². The van der Waals surface area contributed by atoms with Crippen LogP contribution in [-0.4, -0.2) is 6.36 Å². The van der Waals surface area contributed by atoms with Crippen molar-refractivity contribution < 1.29 is 17.9 Å². The summed E-state index contributed by atoms with van der Waals surface area (Å²) in [7, 11) is 0. The van der Waals surface area contributed by atoms with E-state index in [1.807, 2.05) is 0 Å². The van der Waals surface area contributed by atoms with E-state index in [0.717, 1.165) is 24.3 Å². The van der Waals surface area contributed by atoms with E-state index in [2.05, 4.69) is 11.2 Å². The second-order valence-corrected chi connectivity index (χ2v) is 5.04. The molecule has 4 heteroatoms. The van der Waals surface area contributed by atoms with E-state index in [9.17, 15) is 13.2 Å². The van der Waals surface area contributed by atoms with Gasteiger partial charge in [-0.1, -0.05) is 25.0 Å². The van der Waals surface area contributed by atoms with E-state index in [0.29, 0.717) is 0 Å². The molecule has 0 amide bonds. The van der Waals surface area contributed by atoms with Crippen LogP contribution in [0.3, 0.4) is 0 Å². The van der Waals surface area contributed by atoms with Gasteiger partial charge >= 0.3 is 6.36 Å². The van der Waals surface area contributed by atoms with Gasteiger partial charge in [-0.2, -0.15) is 0 Å². The molecule has 0 spiro atoms. The van der Waals surface area contributed by atoms with Gasteiger partial charge in [-0.25, -0.2) is 0 Å². The van der Waals surface area contributed by atoms with Crippen molar-refractivity contribution in [2.45, 2.75) is 44.9 Å². The maximum atomic E-state index is 12.0. The quantitative estimate of drug-likeness (QED) is 0.755. The number of hydrogen-bond acceptors (Lipinski definition) is 1. The van der Waals surface area contributed by atoms with Gasteiger partial charge in [0.15, 0.2) is 0 Å². The van der Waals surface area contributed by atoms with Crippen LogP contribution in [0, 0.1) is 12.3 Å². The average Bonchev–Trinajstić information content (AvgIpc) is 2.37. The summed E-state index contributed by atoms with van der Waals surface area (Å²) < 4.78 is 39.9. The van der Waals surface area contributed by atoms with E-state index < -0.39 is 6.36 Å². The zero-order valence-corrected chi connectivity index (χ0v) is 10.7. The van der Waals surface area contributed by atoms with Crippen molar-refractivity contribution in [1.29, 1.82) is 0 Å². The van der Waals surface area contributed by atoms with Crippen molar-refractivity contribution in [1.82, 2.24) is 0 Å². The maximum absolute atomic E-state index is 12.0. The van der Waals surface area contributed by atoms with Gasteiger partial charge in [-0.15, -0.1) is 13.2 Å². The largest absolute Gasteiger partial charge is 0.573 e. The molecule has 0 heterocycles. The third-order valence-corrected chi connectivity index (χ3v) is 3.56. The van der Waals surface area contributed by atoms with Crippen LogP contribution in [0.4, 0.5) is 13.2 Å². The highest BCUT2D eigenvalue weighted by atomic mass is 19.4. The Labute approximate surface area is 111 Å². The zero-order chi connectivity index (χ0) is 13.7. The lowest BCUT2D eigenvalue weighted by Crippen LogP contribution is -2.17. The Kier molecular flexibility index (Phi) is 4.72. The fourth-order valence-electron chi connectivity index (χ4n) is 2.51. The maximum Gasteiger partial charge on any atom is 0.573 e. The molecular formula is C15H18F3O. The topological polar surface area (TPSA) is 9.23 Å². The first-order chi connectivity index (χ1) is 9.03. The highest BCUT2D eigenvalue weighted by Gasteiger charge is 2.30. The van der Waals surface area contributed by atoms with Crippen LogP contribution >= 0.6 is 0 Å². The molecule has 1 radical (unpaired) electrons. The van der Waals surface area contributed by atoms with Crippen LogP contribution in [-0.2, 0) is 6.42 Å². The molecular weight excluding hydrogens is 253 g/mol. The summed E-state index contributed by atoms with van der Waals surface area (Å²) in [5.74, 6) is 0.611. The fraction of sp³-hybridized carbons (Fsp3) is 0.533. The molecule has 105 valence electrons. The van der Waals surface area contributed by atoms with Crippen molar-refractivity contribution in [3.63, 3.8) is 0 Å². The molecule has 1 saturated carbocycles. The molecule has 19 heavy (non-hydrogen) atoms. The Morgan fingerprint density at radius 1 is 1.05 bits per heavy atom. The molecule has 0 unspecified atom stereocenters. The monoisotopic (exact) mass is 271 g/mol. The molecule has 0 bridgehead atoms. The molecule has 1 nitrogen and oxygen atoms in total. The van der Waals surface area contributed by atoms with E-state index in [-0.39, 0.29) is 5.75 Å². The minimum absolute atomic E-state index is 0.150. The molecule has 1 aliphatic carbocycles. The summed E-state index contributed by atoms with van der Waals surface area (Å²) in [5, 5.41) is 0. The molecule has 2 rings (SSSR count). The Morgan fingerprint density at radius 3 is 2.26 bits per heavy atom. The van der Waals surface area contributed by atoms with Crippen LogP contribution in [0.1, 0.15) is 37.7 Å². The van der Waals surface area contributed by atoms with Gasteiger partial charge in [-0.05, 0) is 55.7 Å². The highest BCUT2D eigenvalue weighted by Crippen LogP contribution is 2.28. The molecule has 0 aliphatic heterocycles. The molecule has 1 aromatic rings. The summed E-state index contributed by atoms with van der Waals surface area (Å²) >= 11 is 0. The van der Waals surface area contributed by atoms with Crippen LogP contribution in [0.25, 0.3) is 0 Å². The van der Waals surface area contributed by atoms with Gasteiger partial charge < -0.3 is 4.74 Å². The van der Waals surface area contributed by atoms with Gasteiger partial charge in [0.1, 0.15) is 5.75 Å². The number of alkyl halides is 3. The van der Waals surface area contributed by atoms with Crippen molar-refractivity contribution >= 4 is 0 Å². The van der Waals surface area contributed by atoms with Crippen LogP contribution in [0.15, 0.2) is 24.3 Å². The number of benzene rings is 1. The van der Waals surface area contributed by atoms with Gasteiger partial charge in [0.05, 0.1) is 0 Å². The van der Waals surface area contributed by atoms with E-state index in [1.54, 1.807) is 12.1 Å². The number of rotatable bonds is 4. The lowest BCUT2D eigenvalue weighted by molar-refractivity contribution is -0.274. The molecule has 0 atom stereocenters. The molecule has 0 N–H and O–H groups in total. The third kappa shape index (κ3) is 5.13. The first kappa shape index (κ1) is 14.2. The van der Waals surface area contributed by atoms with E-state index in [1.165, 1.54) is 37.8 Å². The van der Waals surface area contributed by atoms with Crippen LogP contribution < -0.4 is 4.74 Å². The van der Waals surface area contributed by atoms with Crippen molar-refractivity contribution in [2.24, 2.45) is 5.92 Å². The normalized spacial score (nSPS) is 17.4. The lowest BCUT2D eigenvalue weighted by Gasteiger charge is -2.21. The van der Waals surface area contributed by atoms with Gasteiger partial charge in [0.2, 0.25) is 0 Å². The van der Waals surface area contributed by atoms with Gasteiger partial charge in [0.25, 0.3) is 0 Å². The molecule has 1 aromatic carbocycles. The predicted octanol–water partition coefficient (Wildman–Crippen LogP) is 4.91. The molecule has 0 aromatic heterocycles. The van der Waals surface area contributed by atoms with Crippen LogP contribution in [0.5, 0.6) is 5.75 Å². The Bertz CT molecular complexity index is 377. The van der Waals surface area contributed by atoms with E-state index in [4.69, 9.17) is 0 Å². The summed E-state index contributed by atoms with van der Waals surface area (Å²) in [6.45, 7) is 0. The van der Waals surface area contributed by atoms with Crippen molar-refractivity contribution in [3.05, 3.63) is 36.2 Å². The van der Waals surface area contributed by atoms with Gasteiger partial charge in [0, 0.05) is 0 Å². The average molecular weight is 271 g/mol. The Balaban J connectivity index is 1.81. The first-order valence-corrected chi connectivity index (χ1v) is 6.69. The number of hydrogen-bond donors (Lipinski definition) is 0. The van der Waals surface area contributed by atoms with Crippen LogP contribution in [0.2, 0.25) is 0 Å². The lowest BCUT2D eigenvalue weighted by atomic mass is 9.85. The second kappa shape index (κ2) is 6.31. The Hall–Kier alpha value is -1.19. The zero-order valence-electron chi connectivity index (χ0n) is 10.7. The summed E-state index contributed by atoms with van der Waals surface area (Å²) in [4.78, 5) is 0. The predicted molar refractivity (Wildman–Crippen MR) is 67.7 cm³/mol. The van der Waals surface area contributed by atoms with Crippen molar-refractivity contribution in [3.8, 4) is 5.75 Å². The van der Waals surface area contributed by atoms with E-state index >= 15 is 0 Å². The Morgan fingerprint density at radius 2 is 1.68 bits per heavy atom. The minimum atomic E-state index is -4.61. The summed E-state index contributed by atoms with van der Waals surface area (Å²) in [6.07, 6.45) is 4.65. The second-order valence-electron chi connectivity index (χ2n) is 5.04. The number of halogens is 3. The fourth-order valence-corrected chi connectivity index (χ4v) is 2.51.